The van der Waals surface area contributed by atoms with Gasteiger partial charge in [0.05, 0.1) is 26.4 Å². The third-order valence-corrected chi connectivity index (χ3v) is 0.744. The Morgan fingerprint density at radius 3 is 1.14 bits per heavy atom. The van der Waals surface area contributed by atoms with Gasteiger partial charge >= 0.3 is 0 Å². The number of ether oxygens (including phenoxy) is 2. The van der Waals surface area contributed by atoms with E-state index in [4.69, 9.17) is 9.47 Å². The molecule has 1 aliphatic rings. The van der Waals surface area contributed by atoms with Crippen LogP contribution in [0.25, 0.3) is 0 Å². The second-order valence-electron chi connectivity index (χ2n) is 1.22. The molecule has 3 heteroatoms. The summed E-state index contributed by atoms with van der Waals surface area (Å²) in [5.74, 6) is 0. The van der Waals surface area contributed by atoms with Crippen molar-refractivity contribution in [2.75, 3.05) is 26.4 Å². The van der Waals surface area contributed by atoms with Crippen molar-refractivity contribution in [3.63, 3.8) is 0 Å². The van der Waals surface area contributed by atoms with E-state index < -0.39 is 0 Å². The smallest absolute Gasteiger partial charge is 0.0701 e. The van der Waals surface area contributed by atoms with E-state index in [0.717, 1.165) is 26.4 Å². The first-order chi connectivity index (χ1) is 3.00. The minimum Gasteiger partial charge on any atom is -0.377 e. The van der Waals surface area contributed by atoms with Crippen LogP contribution in [0, 0.1) is 0 Å². The van der Waals surface area contributed by atoms with Crippen molar-refractivity contribution < 1.29 is 29.9 Å². The SMILES string of the molecule is C1COCCO1.[Pd]. The van der Waals surface area contributed by atoms with Gasteiger partial charge in [0, 0.05) is 20.4 Å². The zero-order valence-corrected chi connectivity index (χ0v) is 5.52. The van der Waals surface area contributed by atoms with Crippen molar-refractivity contribution in [2.45, 2.75) is 0 Å². The van der Waals surface area contributed by atoms with E-state index in [1.54, 1.807) is 0 Å². The van der Waals surface area contributed by atoms with E-state index >= 15 is 0 Å². The fourth-order valence-corrected chi connectivity index (χ4v) is 0.440. The van der Waals surface area contributed by atoms with Gasteiger partial charge in [-0.15, -0.1) is 0 Å². The first-order valence-electron chi connectivity index (χ1n) is 2.15. The van der Waals surface area contributed by atoms with Crippen LogP contribution in [0.5, 0.6) is 0 Å². The summed E-state index contributed by atoms with van der Waals surface area (Å²) in [7, 11) is 0. The van der Waals surface area contributed by atoms with Gasteiger partial charge in [-0.05, 0) is 0 Å². The van der Waals surface area contributed by atoms with Crippen molar-refractivity contribution in [1.82, 2.24) is 0 Å². The van der Waals surface area contributed by atoms with Gasteiger partial charge in [-0.3, -0.25) is 0 Å². The summed E-state index contributed by atoms with van der Waals surface area (Å²) in [5, 5.41) is 0. The molecule has 7 heavy (non-hydrogen) atoms. The molecule has 0 aromatic heterocycles. The number of hydrogen-bond acceptors (Lipinski definition) is 2. The molecular weight excluding hydrogens is 186 g/mol. The molecule has 0 N–H and O–H groups in total. The van der Waals surface area contributed by atoms with Gasteiger partial charge in [-0.25, -0.2) is 0 Å². The fraction of sp³-hybridized carbons (Fsp3) is 1.00. The van der Waals surface area contributed by atoms with E-state index in [9.17, 15) is 0 Å². The van der Waals surface area contributed by atoms with E-state index in [1.165, 1.54) is 0 Å². The van der Waals surface area contributed by atoms with Gasteiger partial charge in [0.25, 0.3) is 0 Å². The standard InChI is InChI=1S/C4H8O2.Pd/c1-2-6-4-3-5-1;/h1-4H2;. The van der Waals surface area contributed by atoms with Crippen LogP contribution in [0.4, 0.5) is 0 Å². The van der Waals surface area contributed by atoms with Crippen LogP contribution in [0.1, 0.15) is 0 Å². The maximum atomic E-state index is 4.94. The Balaban J connectivity index is 0.000000360. The second kappa shape index (κ2) is 4.73. The van der Waals surface area contributed by atoms with Crippen LogP contribution in [0.2, 0.25) is 0 Å². The van der Waals surface area contributed by atoms with Crippen LogP contribution < -0.4 is 0 Å². The summed E-state index contributed by atoms with van der Waals surface area (Å²) < 4.78 is 9.89. The quantitative estimate of drug-likeness (QED) is 0.507. The van der Waals surface area contributed by atoms with Gasteiger partial charge in [0.15, 0.2) is 0 Å². The Kier molecular flexibility index (Phi) is 5.13. The molecule has 0 spiro atoms. The largest absolute Gasteiger partial charge is 0.377 e. The topological polar surface area (TPSA) is 18.5 Å². The van der Waals surface area contributed by atoms with Crippen LogP contribution in [-0.4, -0.2) is 26.4 Å². The zero-order chi connectivity index (χ0) is 4.24. The average Bonchev–Trinajstić information content (AvgIpc) is 1.72. The molecule has 0 atom stereocenters. The number of rotatable bonds is 0. The van der Waals surface area contributed by atoms with E-state index in [0.29, 0.717) is 0 Å². The molecule has 1 aliphatic heterocycles. The third-order valence-electron chi connectivity index (χ3n) is 0.744. The van der Waals surface area contributed by atoms with E-state index in [2.05, 4.69) is 0 Å². The third kappa shape index (κ3) is 3.19. The average molecular weight is 195 g/mol. The molecule has 0 aliphatic carbocycles. The fourth-order valence-electron chi connectivity index (χ4n) is 0.440. The van der Waals surface area contributed by atoms with Crippen molar-refractivity contribution in [3.05, 3.63) is 0 Å². The minimum absolute atomic E-state index is 0. The Morgan fingerprint density at radius 2 is 1.00 bits per heavy atom. The summed E-state index contributed by atoms with van der Waals surface area (Å²) in [6.07, 6.45) is 0. The van der Waals surface area contributed by atoms with Crippen molar-refractivity contribution >= 4 is 0 Å². The minimum atomic E-state index is 0. The van der Waals surface area contributed by atoms with Crippen LogP contribution in [0.3, 0.4) is 0 Å². The van der Waals surface area contributed by atoms with E-state index in [-0.39, 0.29) is 20.4 Å². The molecule has 0 bridgehead atoms. The van der Waals surface area contributed by atoms with Crippen molar-refractivity contribution in [2.24, 2.45) is 0 Å². The van der Waals surface area contributed by atoms with Crippen LogP contribution in [-0.2, 0) is 29.9 Å². The maximum absolute atomic E-state index is 4.94. The molecule has 1 heterocycles. The van der Waals surface area contributed by atoms with Crippen LogP contribution >= 0.6 is 0 Å². The molecule has 1 saturated heterocycles. The maximum Gasteiger partial charge on any atom is 0.0701 e. The first kappa shape index (κ1) is 7.58. The molecule has 0 amide bonds. The molecule has 0 aromatic rings. The van der Waals surface area contributed by atoms with Crippen molar-refractivity contribution in [1.29, 1.82) is 0 Å². The molecule has 0 unspecified atom stereocenters. The van der Waals surface area contributed by atoms with E-state index in [1.807, 2.05) is 0 Å². The molecular formula is C4H8O2Pd. The van der Waals surface area contributed by atoms with Crippen molar-refractivity contribution in [3.8, 4) is 0 Å². The predicted molar refractivity (Wildman–Crippen MR) is 21.6 cm³/mol. The predicted octanol–water partition coefficient (Wildman–Crippen LogP) is 0.0307. The van der Waals surface area contributed by atoms with Gasteiger partial charge < -0.3 is 9.47 Å². The molecule has 46 valence electrons. The Hall–Kier alpha value is 0.582. The monoisotopic (exact) mass is 194 g/mol. The molecule has 0 radical (unpaired) electrons. The van der Waals surface area contributed by atoms with Gasteiger partial charge in [-0.2, -0.15) is 0 Å². The second-order valence-corrected chi connectivity index (χ2v) is 1.22. The summed E-state index contributed by atoms with van der Waals surface area (Å²) in [5.41, 5.74) is 0. The normalized spacial score (nSPS) is 20.6. The Bertz CT molecular complexity index is 25.2. The summed E-state index contributed by atoms with van der Waals surface area (Å²) in [4.78, 5) is 0. The molecule has 1 fully saturated rings. The molecule has 1 rings (SSSR count). The van der Waals surface area contributed by atoms with Crippen LogP contribution in [0.15, 0.2) is 0 Å². The number of hydrogen-bond donors (Lipinski definition) is 0. The zero-order valence-electron chi connectivity index (χ0n) is 3.96. The molecule has 0 aromatic carbocycles. The summed E-state index contributed by atoms with van der Waals surface area (Å²) in [6.45, 7) is 3.11. The van der Waals surface area contributed by atoms with Gasteiger partial charge in [0.1, 0.15) is 0 Å². The van der Waals surface area contributed by atoms with Gasteiger partial charge in [0.2, 0.25) is 0 Å². The summed E-state index contributed by atoms with van der Waals surface area (Å²) >= 11 is 0. The molecule has 2 nitrogen and oxygen atoms in total. The molecule has 0 saturated carbocycles. The Labute approximate surface area is 56.8 Å². The summed E-state index contributed by atoms with van der Waals surface area (Å²) in [6, 6.07) is 0. The Morgan fingerprint density at radius 1 is 0.714 bits per heavy atom. The van der Waals surface area contributed by atoms with Gasteiger partial charge in [-0.1, -0.05) is 0 Å². The first-order valence-corrected chi connectivity index (χ1v) is 2.15.